The minimum Gasteiger partial charge on any atom is -0.481 e. The molecule has 144 valence electrons. The summed E-state index contributed by atoms with van der Waals surface area (Å²) >= 11 is 3.20. The number of rotatable bonds is 6. The van der Waals surface area contributed by atoms with Crippen molar-refractivity contribution in [3.63, 3.8) is 0 Å². The van der Waals surface area contributed by atoms with Gasteiger partial charge < -0.3 is 9.84 Å². The summed E-state index contributed by atoms with van der Waals surface area (Å²) in [7, 11) is 0. The number of hydrogen-bond acceptors (Lipinski definition) is 3. The van der Waals surface area contributed by atoms with Gasteiger partial charge >= 0.3 is 5.97 Å². The quantitative estimate of drug-likeness (QED) is 0.606. The van der Waals surface area contributed by atoms with E-state index < -0.39 is 28.5 Å². The molecule has 3 atom stereocenters. The summed E-state index contributed by atoms with van der Waals surface area (Å²) in [5, 5.41) is 19.9. The van der Waals surface area contributed by atoms with Gasteiger partial charge in [0.05, 0.1) is 12.0 Å². The van der Waals surface area contributed by atoms with Crippen molar-refractivity contribution < 1.29 is 19.0 Å². The molecular weight excluding hydrogens is 425 g/mol. The van der Waals surface area contributed by atoms with Crippen molar-refractivity contribution in [2.24, 2.45) is 16.7 Å². The van der Waals surface area contributed by atoms with Gasteiger partial charge in [-0.1, -0.05) is 60.1 Å². The molecule has 0 bridgehead atoms. The van der Waals surface area contributed by atoms with Crippen LogP contribution >= 0.6 is 15.9 Å². The Kier molecular flexibility index (Phi) is 5.31. The summed E-state index contributed by atoms with van der Waals surface area (Å²) in [6.45, 7) is 3.65. The van der Waals surface area contributed by atoms with Crippen molar-refractivity contribution >= 4 is 21.9 Å². The van der Waals surface area contributed by atoms with Crippen LogP contribution in [0.15, 0.2) is 59.6 Å². The first kappa shape index (κ1) is 20.1. The minimum absolute atomic E-state index is 0.0458. The van der Waals surface area contributed by atoms with E-state index in [9.17, 15) is 19.6 Å². The van der Waals surface area contributed by atoms with Crippen LogP contribution < -0.4 is 4.74 Å². The molecule has 0 saturated heterocycles. The molecule has 3 rings (SSSR count). The fourth-order valence-electron chi connectivity index (χ4n) is 4.22. The fraction of sp³-hybridized carbons (Fsp3) is 0.273. The number of benzene rings is 2. The summed E-state index contributed by atoms with van der Waals surface area (Å²) < 4.78 is 19.9. The van der Waals surface area contributed by atoms with Crippen molar-refractivity contribution in [1.82, 2.24) is 0 Å². The van der Waals surface area contributed by atoms with Crippen molar-refractivity contribution in [2.75, 3.05) is 0 Å². The molecule has 0 aliphatic heterocycles. The molecular formula is C22H19BrFNO3. The molecule has 0 spiro atoms. The van der Waals surface area contributed by atoms with E-state index >= 15 is 0 Å². The Labute approximate surface area is 171 Å². The highest BCUT2D eigenvalue weighted by Gasteiger charge is 2.78. The molecule has 2 aromatic carbocycles. The standard InChI is InChI=1S/C22H19BrFNO3/c1-21(2)19(10-11-23)22(21,20(26)27)16(13-25)14-8-9-17(24)18(12-14)28-15-6-4-3-5-7-15/h3-12,16,19H,1-2H3,(H,26,27). The van der Waals surface area contributed by atoms with Crippen LogP contribution in [0.2, 0.25) is 0 Å². The Hall–Kier alpha value is -2.65. The van der Waals surface area contributed by atoms with Gasteiger partial charge in [0, 0.05) is 5.92 Å². The van der Waals surface area contributed by atoms with Gasteiger partial charge in [0.2, 0.25) is 0 Å². The zero-order chi connectivity index (χ0) is 20.5. The highest BCUT2D eigenvalue weighted by molar-refractivity contribution is 9.11. The van der Waals surface area contributed by atoms with Gasteiger partial charge in [-0.15, -0.1) is 0 Å². The molecule has 0 amide bonds. The highest BCUT2D eigenvalue weighted by atomic mass is 79.9. The second-order valence-electron chi connectivity index (χ2n) is 7.36. The van der Waals surface area contributed by atoms with Crippen LogP contribution in [0, 0.1) is 33.9 Å². The Morgan fingerprint density at radius 3 is 2.57 bits per heavy atom. The van der Waals surface area contributed by atoms with Gasteiger partial charge in [-0.25, -0.2) is 4.39 Å². The van der Waals surface area contributed by atoms with Crippen molar-refractivity contribution in [1.29, 1.82) is 5.26 Å². The number of allylic oxidation sites excluding steroid dienone is 1. The predicted octanol–water partition coefficient (Wildman–Crippen LogP) is 5.86. The predicted molar refractivity (Wildman–Crippen MR) is 107 cm³/mol. The van der Waals surface area contributed by atoms with Crippen molar-refractivity contribution in [3.8, 4) is 17.6 Å². The molecule has 4 nitrogen and oxygen atoms in total. The number of hydrogen-bond donors (Lipinski definition) is 1. The van der Waals surface area contributed by atoms with Crippen molar-refractivity contribution in [2.45, 2.75) is 19.8 Å². The lowest BCUT2D eigenvalue weighted by molar-refractivity contribution is -0.145. The Morgan fingerprint density at radius 2 is 2.00 bits per heavy atom. The van der Waals surface area contributed by atoms with Crippen LogP contribution in [0.4, 0.5) is 4.39 Å². The summed E-state index contributed by atoms with van der Waals surface area (Å²) in [5.74, 6) is -2.53. The number of nitriles is 1. The van der Waals surface area contributed by atoms with Crippen LogP contribution in [0.25, 0.3) is 0 Å². The average Bonchev–Trinajstić information content (AvgIpc) is 3.15. The topological polar surface area (TPSA) is 70.3 Å². The van der Waals surface area contributed by atoms with E-state index in [1.165, 1.54) is 18.2 Å². The van der Waals surface area contributed by atoms with E-state index in [-0.39, 0.29) is 11.7 Å². The van der Waals surface area contributed by atoms with E-state index in [2.05, 4.69) is 22.0 Å². The van der Waals surface area contributed by atoms with E-state index in [0.717, 1.165) is 0 Å². The van der Waals surface area contributed by atoms with Crippen LogP contribution in [0.3, 0.4) is 0 Å². The average molecular weight is 444 g/mol. The molecule has 0 heterocycles. The lowest BCUT2D eigenvalue weighted by Crippen LogP contribution is -2.28. The fourth-order valence-corrected chi connectivity index (χ4v) is 4.52. The van der Waals surface area contributed by atoms with Crippen LogP contribution in [0.5, 0.6) is 11.5 Å². The molecule has 1 N–H and O–H groups in total. The SMILES string of the molecule is CC1(C)C(C=CBr)C1(C(=O)O)C(C#N)c1ccc(F)c(Oc2ccccc2)c1. The number of nitrogens with zero attached hydrogens (tertiary/aromatic N) is 1. The Bertz CT molecular complexity index is 967. The molecule has 1 aliphatic carbocycles. The zero-order valence-electron chi connectivity index (χ0n) is 15.4. The van der Waals surface area contributed by atoms with E-state index in [1.54, 1.807) is 35.3 Å². The van der Waals surface area contributed by atoms with E-state index in [4.69, 9.17) is 4.74 Å². The normalized spacial score (nSPS) is 23.8. The summed E-state index contributed by atoms with van der Waals surface area (Å²) in [6.07, 6.45) is 1.75. The smallest absolute Gasteiger partial charge is 0.312 e. The second kappa shape index (κ2) is 7.40. The maximum atomic E-state index is 14.3. The Morgan fingerprint density at radius 1 is 1.32 bits per heavy atom. The molecule has 1 saturated carbocycles. The summed E-state index contributed by atoms with van der Waals surface area (Å²) in [6, 6.07) is 14.9. The molecule has 28 heavy (non-hydrogen) atoms. The monoisotopic (exact) mass is 443 g/mol. The number of ether oxygens (including phenoxy) is 1. The van der Waals surface area contributed by atoms with Crippen LogP contribution in [0.1, 0.15) is 25.3 Å². The largest absolute Gasteiger partial charge is 0.481 e. The number of para-hydroxylation sites is 1. The molecule has 0 radical (unpaired) electrons. The highest BCUT2D eigenvalue weighted by Crippen LogP contribution is 2.75. The maximum absolute atomic E-state index is 14.3. The van der Waals surface area contributed by atoms with Crippen molar-refractivity contribution in [3.05, 3.63) is 71.0 Å². The third kappa shape index (κ3) is 3.00. The van der Waals surface area contributed by atoms with Gasteiger partial charge in [-0.05, 0) is 40.2 Å². The minimum atomic E-state index is -1.31. The van der Waals surface area contributed by atoms with E-state index in [0.29, 0.717) is 11.3 Å². The molecule has 1 fully saturated rings. The molecule has 2 aromatic rings. The molecule has 1 aliphatic rings. The van der Waals surface area contributed by atoms with Gasteiger partial charge in [-0.2, -0.15) is 5.26 Å². The lowest BCUT2D eigenvalue weighted by Gasteiger charge is -2.22. The van der Waals surface area contributed by atoms with Gasteiger partial charge in [0.15, 0.2) is 11.6 Å². The third-order valence-corrected chi connectivity index (χ3v) is 6.02. The third-order valence-electron chi connectivity index (χ3n) is 5.71. The molecule has 6 heteroatoms. The molecule has 3 unspecified atom stereocenters. The number of carbonyl (C=O) groups is 1. The van der Waals surface area contributed by atoms with Gasteiger partial charge in [-0.3, -0.25) is 4.79 Å². The summed E-state index contributed by atoms with van der Waals surface area (Å²) in [5.41, 5.74) is -1.54. The van der Waals surface area contributed by atoms with Gasteiger partial charge in [0.1, 0.15) is 11.2 Å². The van der Waals surface area contributed by atoms with E-state index in [1.807, 2.05) is 19.9 Å². The number of carboxylic acid groups (broad SMARTS) is 1. The first-order chi connectivity index (χ1) is 13.3. The first-order valence-corrected chi connectivity index (χ1v) is 9.64. The number of halogens is 2. The number of carboxylic acids is 1. The summed E-state index contributed by atoms with van der Waals surface area (Å²) in [4.78, 5) is 13.9. The zero-order valence-corrected chi connectivity index (χ0v) is 17.0. The van der Waals surface area contributed by atoms with Gasteiger partial charge in [0.25, 0.3) is 0 Å². The maximum Gasteiger partial charge on any atom is 0.312 e. The second-order valence-corrected chi connectivity index (χ2v) is 7.89. The lowest BCUT2D eigenvalue weighted by atomic mass is 9.78. The van der Waals surface area contributed by atoms with Crippen LogP contribution in [-0.2, 0) is 4.79 Å². The van der Waals surface area contributed by atoms with Crippen LogP contribution in [-0.4, -0.2) is 11.1 Å². The Balaban J connectivity index is 2.05. The molecule has 0 aromatic heterocycles. The number of aliphatic carboxylic acids is 1. The first-order valence-electron chi connectivity index (χ1n) is 8.73.